The van der Waals surface area contributed by atoms with Crippen molar-refractivity contribution in [2.24, 2.45) is 0 Å². The van der Waals surface area contributed by atoms with E-state index in [2.05, 4.69) is 5.16 Å². The molecule has 0 saturated carbocycles. The number of rotatable bonds is 5. The van der Waals surface area contributed by atoms with Crippen molar-refractivity contribution in [1.82, 2.24) is 19.0 Å². The summed E-state index contributed by atoms with van der Waals surface area (Å²) in [5.41, 5.74) is 4.21. The number of halogens is 2. The molecule has 1 amide bonds. The number of fused-ring (bicyclic) bond motifs is 1. The number of carbonyl (C=O) groups excluding carboxylic acids is 1. The molecular formula is C27H27F2N5O4S. The van der Waals surface area contributed by atoms with E-state index in [1.807, 2.05) is 36.6 Å². The first-order valence-electron chi connectivity index (χ1n) is 12.7. The second-order valence-corrected chi connectivity index (χ2v) is 12.2. The van der Waals surface area contributed by atoms with E-state index in [0.717, 1.165) is 34.5 Å². The van der Waals surface area contributed by atoms with E-state index in [9.17, 15) is 22.0 Å². The second kappa shape index (κ2) is 9.23. The lowest BCUT2D eigenvalue weighted by Crippen LogP contribution is -2.31. The number of nitrogens with zero attached hydrogens (tertiary/aromatic N) is 5. The minimum Gasteiger partial charge on any atom is -0.361 e. The molecule has 0 radical (unpaired) electrons. The van der Waals surface area contributed by atoms with Gasteiger partial charge in [0.15, 0.2) is 11.6 Å². The van der Waals surface area contributed by atoms with E-state index in [0.29, 0.717) is 36.5 Å². The van der Waals surface area contributed by atoms with Crippen LogP contribution in [0.4, 0.5) is 14.5 Å². The van der Waals surface area contributed by atoms with Gasteiger partial charge in [0, 0.05) is 36.8 Å². The molecule has 0 N–H and O–H groups in total. The first-order chi connectivity index (χ1) is 18.5. The Hall–Kier alpha value is -3.64. The summed E-state index contributed by atoms with van der Waals surface area (Å²) in [6.07, 6.45) is 2.42. The molecule has 2 aliphatic heterocycles. The Balaban J connectivity index is 1.51. The monoisotopic (exact) mass is 555 g/mol. The van der Waals surface area contributed by atoms with Gasteiger partial charge in [0.25, 0.3) is 0 Å². The van der Waals surface area contributed by atoms with Gasteiger partial charge >= 0.3 is 0 Å². The highest BCUT2D eigenvalue weighted by Gasteiger charge is 2.40. The van der Waals surface area contributed by atoms with Crippen molar-refractivity contribution < 1.29 is 26.5 Å². The molecular weight excluding hydrogens is 528 g/mol. The Kier molecular flexibility index (Phi) is 6.07. The van der Waals surface area contributed by atoms with Crippen molar-refractivity contribution in [1.29, 1.82) is 0 Å². The van der Waals surface area contributed by atoms with Gasteiger partial charge < -0.3 is 14.0 Å². The normalized spacial score (nSPS) is 20.5. The first-order valence-corrected chi connectivity index (χ1v) is 14.5. The number of hydrogen-bond donors (Lipinski definition) is 0. The third-order valence-electron chi connectivity index (χ3n) is 7.69. The number of imidazole rings is 1. The fraction of sp³-hybridized carbons (Fsp3) is 0.370. The largest absolute Gasteiger partial charge is 0.361 e. The van der Waals surface area contributed by atoms with E-state index < -0.39 is 27.7 Å². The van der Waals surface area contributed by atoms with Crippen LogP contribution in [-0.2, 0) is 14.8 Å². The molecule has 0 unspecified atom stereocenters. The lowest BCUT2D eigenvalue weighted by atomic mass is 10.0. The predicted molar refractivity (Wildman–Crippen MR) is 141 cm³/mol. The van der Waals surface area contributed by atoms with Crippen LogP contribution >= 0.6 is 0 Å². The van der Waals surface area contributed by atoms with Crippen LogP contribution in [0.3, 0.4) is 0 Å². The van der Waals surface area contributed by atoms with Gasteiger partial charge in [0.05, 0.1) is 35.1 Å². The van der Waals surface area contributed by atoms with Gasteiger partial charge in [-0.25, -0.2) is 26.5 Å². The Morgan fingerprint density at radius 3 is 2.51 bits per heavy atom. The zero-order chi connectivity index (χ0) is 27.6. The van der Waals surface area contributed by atoms with Crippen LogP contribution in [-0.4, -0.2) is 52.7 Å². The number of aryl methyl sites for hydroxylation is 2. The van der Waals surface area contributed by atoms with Crippen LogP contribution in [0.25, 0.3) is 22.2 Å². The van der Waals surface area contributed by atoms with E-state index in [1.54, 1.807) is 0 Å². The van der Waals surface area contributed by atoms with E-state index in [-0.39, 0.29) is 30.6 Å². The van der Waals surface area contributed by atoms with Gasteiger partial charge in [-0.15, -0.1) is 0 Å². The standard InChI is InChI=1S/C27H27F2N5O4S/c1-15-26(16(2)38-31-15)17-4-7-23-22(12-17)30-27(34(23)19-10-11-32(14-19)39(3,36)37)24-8-9-25(35)33(24)18-5-6-20(28)21(29)13-18/h4-7,12-13,19,24H,8-11,14H2,1-3H3/t19-,24-/m1/s1. The van der Waals surface area contributed by atoms with Gasteiger partial charge in [-0.1, -0.05) is 11.2 Å². The number of aromatic nitrogens is 3. The number of sulfonamides is 1. The van der Waals surface area contributed by atoms with Crippen LogP contribution in [0.1, 0.15) is 48.6 Å². The second-order valence-electron chi connectivity index (χ2n) is 10.2. The molecule has 12 heteroatoms. The maximum atomic E-state index is 14.2. The summed E-state index contributed by atoms with van der Waals surface area (Å²) in [6.45, 7) is 4.35. The molecule has 4 heterocycles. The van der Waals surface area contributed by atoms with E-state index >= 15 is 0 Å². The van der Waals surface area contributed by atoms with E-state index in [4.69, 9.17) is 9.51 Å². The van der Waals surface area contributed by atoms with Crippen LogP contribution < -0.4 is 4.90 Å². The van der Waals surface area contributed by atoms with Crippen molar-refractivity contribution >= 4 is 32.7 Å². The van der Waals surface area contributed by atoms with Gasteiger partial charge in [-0.05, 0) is 56.5 Å². The van der Waals surface area contributed by atoms with Crippen molar-refractivity contribution in [2.75, 3.05) is 24.2 Å². The van der Waals surface area contributed by atoms with Crippen molar-refractivity contribution in [3.8, 4) is 11.1 Å². The van der Waals surface area contributed by atoms with Gasteiger partial charge in [-0.2, -0.15) is 0 Å². The number of carbonyl (C=O) groups is 1. The molecule has 0 spiro atoms. The molecule has 2 aromatic carbocycles. The maximum Gasteiger partial charge on any atom is 0.227 e. The SMILES string of the molecule is Cc1noc(C)c1-c1ccc2c(c1)nc([C@H]1CCC(=O)N1c1ccc(F)c(F)c1)n2[C@@H]1CCN(S(C)(=O)=O)C1. The summed E-state index contributed by atoms with van der Waals surface area (Å²) in [4.78, 5) is 19.5. The van der Waals surface area contributed by atoms with E-state index in [1.165, 1.54) is 21.5 Å². The molecule has 2 atom stereocenters. The summed E-state index contributed by atoms with van der Waals surface area (Å²) in [7, 11) is -3.39. The molecule has 0 bridgehead atoms. The van der Waals surface area contributed by atoms with Crippen molar-refractivity contribution in [3.63, 3.8) is 0 Å². The minimum absolute atomic E-state index is 0.216. The Labute approximate surface area is 224 Å². The Morgan fingerprint density at radius 1 is 1.05 bits per heavy atom. The lowest BCUT2D eigenvalue weighted by Gasteiger charge is -2.27. The fourth-order valence-electron chi connectivity index (χ4n) is 5.90. The first kappa shape index (κ1) is 25.6. The number of hydrogen-bond acceptors (Lipinski definition) is 6. The van der Waals surface area contributed by atoms with Crippen LogP contribution in [0.5, 0.6) is 0 Å². The third kappa shape index (κ3) is 4.31. The molecule has 0 aliphatic carbocycles. The number of benzene rings is 2. The maximum absolute atomic E-state index is 14.2. The lowest BCUT2D eigenvalue weighted by molar-refractivity contribution is -0.117. The van der Waals surface area contributed by atoms with Gasteiger partial charge in [0.2, 0.25) is 15.9 Å². The zero-order valence-corrected chi connectivity index (χ0v) is 22.5. The topological polar surface area (TPSA) is 102 Å². The van der Waals surface area contributed by atoms with Crippen LogP contribution in [0.15, 0.2) is 40.9 Å². The summed E-state index contributed by atoms with van der Waals surface area (Å²) in [6, 6.07) is 8.49. The smallest absolute Gasteiger partial charge is 0.227 e. The highest BCUT2D eigenvalue weighted by molar-refractivity contribution is 7.88. The van der Waals surface area contributed by atoms with Gasteiger partial charge in [0.1, 0.15) is 11.6 Å². The van der Waals surface area contributed by atoms with Gasteiger partial charge in [-0.3, -0.25) is 4.79 Å². The molecule has 204 valence electrons. The summed E-state index contributed by atoms with van der Waals surface area (Å²) in [5.74, 6) is -0.991. The molecule has 2 aromatic heterocycles. The number of amides is 1. The quantitative estimate of drug-likeness (QED) is 0.355. The van der Waals surface area contributed by atoms with Crippen LogP contribution in [0.2, 0.25) is 0 Å². The third-order valence-corrected chi connectivity index (χ3v) is 8.96. The average molecular weight is 556 g/mol. The molecule has 6 rings (SSSR count). The predicted octanol–water partition coefficient (Wildman–Crippen LogP) is 4.66. The zero-order valence-electron chi connectivity index (χ0n) is 21.7. The Bertz CT molecular complexity index is 1710. The van der Waals surface area contributed by atoms with Crippen molar-refractivity contribution in [2.45, 2.75) is 45.2 Å². The highest BCUT2D eigenvalue weighted by atomic mass is 32.2. The average Bonchev–Trinajstić information content (AvgIpc) is 3.65. The summed E-state index contributed by atoms with van der Waals surface area (Å²) in [5, 5.41) is 4.05. The molecule has 2 saturated heterocycles. The molecule has 39 heavy (non-hydrogen) atoms. The minimum atomic E-state index is -3.39. The summed E-state index contributed by atoms with van der Waals surface area (Å²) < 4.78 is 61.3. The number of anilines is 1. The fourth-order valence-corrected chi connectivity index (χ4v) is 6.78. The highest BCUT2D eigenvalue weighted by Crippen LogP contribution is 2.41. The molecule has 4 aromatic rings. The van der Waals surface area contributed by atoms with Crippen molar-refractivity contribution in [3.05, 3.63) is 65.3 Å². The molecule has 2 aliphatic rings. The van der Waals surface area contributed by atoms with Crippen LogP contribution in [0, 0.1) is 25.5 Å². The molecule has 9 nitrogen and oxygen atoms in total. The summed E-state index contributed by atoms with van der Waals surface area (Å²) >= 11 is 0. The Morgan fingerprint density at radius 2 is 1.85 bits per heavy atom. The molecule has 2 fully saturated rings.